The Labute approximate surface area is 141 Å². The minimum absolute atomic E-state index is 0.272. The van der Waals surface area contributed by atoms with Crippen molar-refractivity contribution >= 4 is 41.1 Å². The molecular weight excluding hydrogens is 310 g/mol. The third kappa shape index (κ3) is 3.44. The second-order valence-corrected chi connectivity index (χ2v) is 8.27. The van der Waals surface area contributed by atoms with Gasteiger partial charge in [0.25, 0.3) is 0 Å². The Kier molecular flexibility index (Phi) is 4.99. The molecule has 0 bridgehead atoms. The second kappa shape index (κ2) is 6.97. The second-order valence-electron chi connectivity index (χ2n) is 5.80. The molecule has 3 rings (SSSR count). The standard InChI is InChI=1S/C18H21NOS2/c1-19(2)15-7-4-13(5-8-15)12-14-6-9-16(17(14)20)18-21-10-3-11-22-18/h4-5,7-8,12H,3,6,9-11H2,1-2H3/b14-12+. The lowest BCUT2D eigenvalue weighted by atomic mass is 10.1. The number of Topliss-reactive ketones (excluding diaryl/α,β-unsaturated/α-hetero) is 1. The summed E-state index contributed by atoms with van der Waals surface area (Å²) in [6, 6.07) is 8.37. The van der Waals surface area contributed by atoms with Crippen LogP contribution in [0, 0.1) is 0 Å². The summed E-state index contributed by atoms with van der Waals surface area (Å²) >= 11 is 3.73. The number of nitrogens with zero attached hydrogens (tertiary/aromatic N) is 1. The van der Waals surface area contributed by atoms with Crippen molar-refractivity contribution in [3.05, 3.63) is 45.2 Å². The number of anilines is 1. The average Bonchev–Trinajstić information content (AvgIpc) is 2.90. The highest BCUT2D eigenvalue weighted by Gasteiger charge is 2.27. The van der Waals surface area contributed by atoms with Crippen molar-refractivity contribution < 1.29 is 4.79 Å². The maximum atomic E-state index is 12.6. The lowest BCUT2D eigenvalue weighted by Crippen LogP contribution is -2.07. The summed E-state index contributed by atoms with van der Waals surface area (Å²) in [7, 11) is 4.07. The van der Waals surface area contributed by atoms with E-state index in [9.17, 15) is 4.79 Å². The molecule has 0 spiro atoms. The summed E-state index contributed by atoms with van der Waals surface area (Å²) in [4.78, 5) is 14.7. The maximum Gasteiger partial charge on any atom is 0.186 e. The SMILES string of the molecule is CN(C)c1ccc(/C=C2\CCC(=C3SCCCS3)C2=O)cc1. The fourth-order valence-electron chi connectivity index (χ4n) is 2.69. The van der Waals surface area contributed by atoms with Crippen LogP contribution in [0.4, 0.5) is 5.69 Å². The van der Waals surface area contributed by atoms with Crippen LogP contribution in [0.15, 0.2) is 39.6 Å². The van der Waals surface area contributed by atoms with Crippen LogP contribution in [0.25, 0.3) is 6.08 Å². The van der Waals surface area contributed by atoms with Gasteiger partial charge in [0.2, 0.25) is 0 Å². The molecule has 1 saturated heterocycles. The first-order valence-corrected chi connectivity index (χ1v) is 9.63. The lowest BCUT2D eigenvalue weighted by Gasteiger charge is -2.14. The highest BCUT2D eigenvalue weighted by atomic mass is 32.2. The Balaban J connectivity index is 1.79. The summed E-state index contributed by atoms with van der Waals surface area (Å²) in [6.07, 6.45) is 5.11. The number of rotatable bonds is 2. The van der Waals surface area contributed by atoms with Crippen LogP contribution in [0.5, 0.6) is 0 Å². The van der Waals surface area contributed by atoms with E-state index in [2.05, 4.69) is 35.2 Å². The summed E-state index contributed by atoms with van der Waals surface area (Å²) in [5.41, 5.74) is 4.32. The fraction of sp³-hybridized carbons (Fsp3) is 0.389. The number of hydrogen-bond acceptors (Lipinski definition) is 4. The summed E-state index contributed by atoms with van der Waals surface area (Å²) in [6.45, 7) is 0. The van der Waals surface area contributed by atoms with Gasteiger partial charge in [0, 0.05) is 35.2 Å². The Morgan fingerprint density at radius 1 is 1.05 bits per heavy atom. The number of thioether (sulfide) groups is 2. The van der Waals surface area contributed by atoms with Gasteiger partial charge in [-0.25, -0.2) is 0 Å². The van der Waals surface area contributed by atoms with Crippen LogP contribution in [0.3, 0.4) is 0 Å². The van der Waals surface area contributed by atoms with Crippen molar-refractivity contribution in [3.8, 4) is 0 Å². The molecule has 1 heterocycles. The van der Waals surface area contributed by atoms with Crippen LogP contribution < -0.4 is 4.90 Å². The molecule has 1 aliphatic heterocycles. The highest BCUT2D eigenvalue weighted by molar-refractivity contribution is 8.22. The van der Waals surface area contributed by atoms with Gasteiger partial charge in [0.05, 0.1) is 0 Å². The van der Waals surface area contributed by atoms with Crippen LogP contribution >= 0.6 is 23.5 Å². The predicted octanol–water partition coefficient (Wildman–Crippen LogP) is 4.58. The topological polar surface area (TPSA) is 20.3 Å². The average molecular weight is 332 g/mol. The normalized spacial score (nSPS) is 20.8. The number of carbonyl (C=O) groups is 1. The molecular formula is C18H21NOS2. The van der Waals surface area contributed by atoms with Gasteiger partial charge in [-0.15, -0.1) is 23.5 Å². The minimum Gasteiger partial charge on any atom is -0.378 e. The Hall–Kier alpha value is -1.13. The van der Waals surface area contributed by atoms with Crippen molar-refractivity contribution in [2.75, 3.05) is 30.5 Å². The van der Waals surface area contributed by atoms with Crippen LogP contribution in [0.2, 0.25) is 0 Å². The number of benzene rings is 1. The molecule has 1 aromatic carbocycles. The lowest BCUT2D eigenvalue weighted by molar-refractivity contribution is -0.111. The molecule has 116 valence electrons. The van der Waals surface area contributed by atoms with Gasteiger partial charge in [0.1, 0.15) is 0 Å². The molecule has 1 aromatic rings. The molecule has 4 heteroatoms. The molecule has 22 heavy (non-hydrogen) atoms. The monoisotopic (exact) mass is 331 g/mol. The quantitative estimate of drug-likeness (QED) is 0.739. The molecule has 2 fully saturated rings. The Bertz CT molecular complexity index is 621. The van der Waals surface area contributed by atoms with Gasteiger partial charge in [-0.1, -0.05) is 12.1 Å². The van der Waals surface area contributed by atoms with Crippen molar-refractivity contribution in [1.82, 2.24) is 0 Å². The number of hydrogen-bond donors (Lipinski definition) is 0. The molecule has 0 unspecified atom stereocenters. The smallest absolute Gasteiger partial charge is 0.186 e. The van der Waals surface area contributed by atoms with Gasteiger partial charge in [-0.3, -0.25) is 4.79 Å². The zero-order chi connectivity index (χ0) is 15.5. The van der Waals surface area contributed by atoms with E-state index in [1.54, 1.807) is 0 Å². The summed E-state index contributed by atoms with van der Waals surface area (Å²) in [5, 5.41) is 0. The molecule has 1 aliphatic carbocycles. The van der Waals surface area contributed by atoms with Crippen LogP contribution in [-0.4, -0.2) is 31.4 Å². The molecule has 0 radical (unpaired) electrons. The van der Waals surface area contributed by atoms with E-state index < -0.39 is 0 Å². The molecule has 0 atom stereocenters. The van der Waals surface area contributed by atoms with E-state index in [1.807, 2.05) is 37.6 Å². The van der Waals surface area contributed by atoms with E-state index in [-0.39, 0.29) is 5.78 Å². The third-order valence-corrected chi connectivity index (χ3v) is 6.67. The number of allylic oxidation sites excluding steroid dienone is 2. The minimum atomic E-state index is 0.272. The first kappa shape index (κ1) is 15.8. The third-order valence-electron chi connectivity index (χ3n) is 3.96. The molecule has 1 saturated carbocycles. The van der Waals surface area contributed by atoms with Crippen LogP contribution in [0.1, 0.15) is 24.8 Å². The first-order chi connectivity index (χ1) is 10.6. The first-order valence-electron chi connectivity index (χ1n) is 7.66. The zero-order valence-corrected chi connectivity index (χ0v) is 14.7. The predicted molar refractivity (Wildman–Crippen MR) is 99.5 cm³/mol. The zero-order valence-electron chi connectivity index (χ0n) is 13.1. The van der Waals surface area contributed by atoms with E-state index in [0.29, 0.717) is 0 Å². The molecule has 2 aliphatic rings. The van der Waals surface area contributed by atoms with Gasteiger partial charge >= 0.3 is 0 Å². The van der Waals surface area contributed by atoms with E-state index in [0.717, 1.165) is 41.1 Å². The van der Waals surface area contributed by atoms with Crippen molar-refractivity contribution in [3.63, 3.8) is 0 Å². The van der Waals surface area contributed by atoms with Gasteiger partial charge in [-0.05, 0) is 54.5 Å². The van der Waals surface area contributed by atoms with E-state index in [1.165, 1.54) is 16.3 Å². The van der Waals surface area contributed by atoms with Gasteiger partial charge in [0.15, 0.2) is 5.78 Å². The Morgan fingerprint density at radius 2 is 1.73 bits per heavy atom. The highest BCUT2D eigenvalue weighted by Crippen LogP contribution is 2.42. The molecule has 0 aromatic heterocycles. The molecule has 0 N–H and O–H groups in total. The summed E-state index contributed by atoms with van der Waals surface area (Å²) < 4.78 is 1.28. The number of carbonyl (C=O) groups excluding carboxylic acids is 1. The molecule has 0 amide bonds. The van der Waals surface area contributed by atoms with Crippen molar-refractivity contribution in [2.24, 2.45) is 0 Å². The summed E-state index contributed by atoms with van der Waals surface area (Å²) in [5.74, 6) is 2.59. The van der Waals surface area contributed by atoms with Crippen LogP contribution in [-0.2, 0) is 4.79 Å². The van der Waals surface area contributed by atoms with Crippen molar-refractivity contribution in [1.29, 1.82) is 0 Å². The Morgan fingerprint density at radius 3 is 2.36 bits per heavy atom. The maximum absolute atomic E-state index is 12.6. The van der Waals surface area contributed by atoms with E-state index >= 15 is 0 Å². The largest absolute Gasteiger partial charge is 0.378 e. The number of ketones is 1. The van der Waals surface area contributed by atoms with Gasteiger partial charge in [-0.2, -0.15) is 0 Å². The van der Waals surface area contributed by atoms with E-state index in [4.69, 9.17) is 0 Å². The van der Waals surface area contributed by atoms with Gasteiger partial charge < -0.3 is 4.90 Å². The fourth-order valence-corrected chi connectivity index (χ4v) is 5.39. The van der Waals surface area contributed by atoms with Crippen molar-refractivity contribution in [2.45, 2.75) is 19.3 Å². The molecule has 2 nitrogen and oxygen atoms in total.